The Morgan fingerprint density at radius 2 is 1.82 bits per heavy atom. The van der Waals surface area contributed by atoms with Crippen molar-refractivity contribution in [2.75, 3.05) is 12.4 Å². The number of ether oxygens (including phenoxy) is 1. The first kappa shape index (κ1) is 18.9. The Labute approximate surface area is 175 Å². The summed E-state index contributed by atoms with van der Waals surface area (Å²) in [4.78, 5) is 13.8. The molecule has 28 heavy (non-hydrogen) atoms. The lowest BCUT2D eigenvalue weighted by molar-refractivity contribution is -0.115. The van der Waals surface area contributed by atoms with Gasteiger partial charge in [-0.1, -0.05) is 34.1 Å². The molecule has 1 amide bonds. The molecule has 0 aliphatic heterocycles. The number of hydrogen-bond donors (Lipinski definition) is 1. The topological polar surface area (TPSA) is 51.5 Å². The van der Waals surface area contributed by atoms with Crippen LogP contribution in [0.4, 0.5) is 5.69 Å². The van der Waals surface area contributed by atoms with Gasteiger partial charge in [-0.05, 0) is 43.3 Å². The number of anilines is 1. The fraction of sp³-hybridized carbons (Fsp3) is 0.136. The normalized spacial score (nSPS) is 12.2. The Morgan fingerprint density at radius 3 is 2.57 bits per heavy atom. The maximum absolute atomic E-state index is 12.7. The van der Waals surface area contributed by atoms with Crippen molar-refractivity contribution < 1.29 is 13.9 Å². The number of thioether (sulfide) groups is 1. The van der Waals surface area contributed by atoms with Crippen molar-refractivity contribution in [3.05, 3.63) is 65.1 Å². The monoisotopic (exact) mass is 455 g/mol. The predicted octanol–water partition coefficient (Wildman–Crippen LogP) is 6.48. The van der Waals surface area contributed by atoms with Crippen LogP contribution in [0.3, 0.4) is 0 Å². The number of rotatable bonds is 5. The van der Waals surface area contributed by atoms with Gasteiger partial charge in [-0.2, -0.15) is 0 Å². The highest BCUT2D eigenvalue weighted by molar-refractivity contribution is 9.10. The van der Waals surface area contributed by atoms with Gasteiger partial charge in [-0.25, -0.2) is 0 Å². The van der Waals surface area contributed by atoms with Crippen molar-refractivity contribution in [3.8, 4) is 5.75 Å². The molecule has 0 radical (unpaired) electrons. The zero-order valence-electron chi connectivity index (χ0n) is 15.4. The SMILES string of the molecule is COc1cc2c(cc1NC(=O)C(C)Sc1ccc(Br)cc1)oc1ccccc12. The second kappa shape index (κ2) is 7.89. The molecule has 1 atom stereocenters. The van der Waals surface area contributed by atoms with Crippen LogP contribution in [0.15, 0.2) is 74.4 Å². The molecule has 4 rings (SSSR count). The van der Waals surface area contributed by atoms with Gasteiger partial charge in [0.15, 0.2) is 0 Å². The van der Waals surface area contributed by atoms with E-state index in [0.717, 1.165) is 25.7 Å². The summed E-state index contributed by atoms with van der Waals surface area (Å²) in [5.74, 6) is 0.509. The number of para-hydroxylation sites is 1. The molecule has 0 saturated carbocycles. The molecule has 3 aromatic carbocycles. The molecular weight excluding hydrogens is 438 g/mol. The first-order valence-corrected chi connectivity index (χ1v) is 10.4. The summed E-state index contributed by atoms with van der Waals surface area (Å²) in [6.07, 6.45) is 0. The van der Waals surface area contributed by atoms with Gasteiger partial charge in [0, 0.05) is 26.2 Å². The average Bonchev–Trinajstić information content (AvgIpc) is 3.06. The van der Waals surface area contributed by atoms with Crippen molar-refractivity contribution in [1.29, 1.82) is 0 Å². The standard InChI is InChI=1S/C22H18BrNO3S/c1-13(28-15-9-7-14(23)8-10-15)22(25)24-18-12-20-17(11-21(18)26-2)16-5-3-4-6-19(16)27-20/h3-13H,1-2H3,(H,24,25). The first-order chi connectivity index (χ1) is 13.5. The number of furan rings is 1. The minimum Gasteiger partial charge on any atom is -0.495 e. The molecule has 0 spiro atoms. The third kappa shape index (κ3) is 3.75. The van der Waals surface area contributed by atoms with Gasteiger partial charge >= 0.3 is 0 Å². The van der Waals surface area contributed by atoms with Crippen LogP contribution >= 0.6 is 27.7 Å². The number of nitrogens with one attached hydrogen (secondary N) is 1. The summed E-state index contributed by atoms with van der Waals surface area (Å²) in [7, 11) is 1.60. The summed E-state index contributed by atoms with van der Waals surface area (Å²) in [5.41, 5.74) is 2.12. The molecule has 1 unspecified atom stereocenters. The molecule has 4 aromatic rings. The summed E-state index contributed by atoms with van der Waals surface area (Å²) in [6, 6.07) is 19.5. The molecule has 6 heteroatoms. The van der Waals surface area contributed by atoms with E-state index in [9.17, 15) is 4.79 Å². The summed E-state index contributed by atoms with van der Waals surface area (Å²) >= 11 is 4.93. The second-order valence-electron chi connectivity index (χ2n) is 6.35. The zero-order chi connectivity index (χ0) is 19.7. The number of amides is 1. The van der Waals surface area contributed by atoms with E-state index in [1.54, 1.807) is 7.11 Å². The van der Waals surface area contributed by atoms with E-state index < -0.39 is 0 Å². The molecule has 1 N–H and O–H groups in total. The molecule has 4 nitrogen and oxygen atoms in total. The summed E-state index contributed by atoms with van der Waals surface area (Å²) in [5, 5.41) is 4.69. The third-order valence-corrected chi connectivity index (χ3v) is 6.09. The van der Waals surface area contributed by atoms with Crippen LogP contribution in [0.25, 0.3) is 21.9 Å². The maximum Gasteiger partial charge on any atom is 0.237 e. The van der Waals surface area contributed by atoms with Crippen LogP contribution in [0.2, 0.25) is 0 Å². The first-order valence-electron chi connectivity index (χ1n) is 8.77. The van der Waals surface area contributed by atoms with E-state index in [2.05, 4.69) is 21.2 Å². The molecule has 0 aliphatic rings. The van der Waals surface area contributed by atoms with Gasteiger partial charge in [0.2, 0.25) is 5.91 Å². The minimum absolute atomic E-state index is 0.0957. The fourth-order valence-corrected chi connectivity index (χ4v) is 4.15. The Morgan fingerprint density at radius 1 is 1.07 bits per heavy atom. The molecular formula is C22H18BrNO3S. The van der Waals surface area contributed by atoms with E-state index in [4.69, 9.17) is 9.15 Å². The minimum atomic E-state index is -0.266. The Hall–Kier alpha value is -2.44. The zero-order valence-corrected chi connectivity index (χ0v) is 17.8. The molecule has 1 heterocycles. The van der Waals surface area contributed by atoms with E-state index in [1.807, 2.05) is 67.6 Å². The van der Waals surface area contributed by atoms with E-state index in [-0.39, 0.29) is 11.2 Å². The van der Waals surface area contributed by atoms with Crippen LogP contribution < -0.4 is 10.1 Å². The Kier molecular flexibility index (Phi) is 5.33. The highest BCUT2D eigenvalue weighted by atomic mass is 79.9. The van der Waals surface area contributed by atoms with Gasteiger partial charge in [-0.3, -0.25) is 4.79 Å². The van der Waals surface area contributed by atoms with Gasteiger partial charge in [0.25, 0.3) is 0 Å². The Balaban J connectivity index is 1.59. The Bertz CT molecular complexity index is 1150. The number of methoxy groups -OCH3 is 1. The predicted molar refractivity (Wildman–Crippen MR) is 118 cm³/mol. The smallest absolute Gasteiger partial charge is 0.237 e. The average molecular weight is 456 g/mol. The number of halogens is 1. The molecule has 0 aliphatic carbocycles. The van der Waals surface area contributed by atoms with E-state index in [0.29, 0.717) is 17.0 Å². The molecule has 0 fully saturated rings. The lowest BCUT2D eigenvalue weighted by atomic mass is 10.1. The summed E-state index contributed by atoms with van der Waals surface area (Å²) < 4.78 is 12.5. The van der Waals surface area contributed by atoms with Crippen molar-refractivity contribution >= 4 is 61.2 Å². The number of carbonyl (C=O) groups excluding carboxylic acids is 1. The van der Waals surface area contributed by atoms with Crippen molar-refractivity contribution in [3.63, 3.8) is 0 Å². The lowest BCUT2D eigenvalue weighted by Crippen LogP contribution is -2.22. The van der Waals surface area contributed by atoms with Crippen LogP contribution in [0.5, 0.6) is 5.75 Å². The van der Waals surface area contributed by atoms with E-state index >= 15 is 0 Å². The quantitative estimate of drug-likeness (QED) is 0.350. The number of carbonyl (C=O) groups is 1. The number of benzene rings is 3. The molecule has 1 aromatic heterocycles. The van der Waals surface area contributed by atoms with Crippen LogP contribution in [-0.4, -0.2) is 18.3 Å². The third-order valence-electron chi connectivity index (χ3n) is 4.45. The van der Waals surface area contributed by atoms with Crippen molar-refractivity contribution in [2.45, 2.75) is 17.1 Å². The second-order valence-corrected chi connectivity index (χ2v) is 8.68. The molecule has 142 valence electrons. The fourth-order valence-electron chi connectivity index (χ4n) is 3.02. The number of hydrogen-bond acceptors (Lipinski definition) is 4. The highest BCUT2D eigenvalue weighted by Crippen LogP contribution is 2.36. The molecule has 0 saturated heterocycles. The van der Waals surface area contributed by atoms with Gasteiger partial charge in [0.1, 0.15) is 16.9 Å². The van der Waals surface area contributed by atoms with Crippen molar-refractivity contribution in [1.82, 2.24) is 0 Å². The van der Waals surface area contributed by atoms with Crippen molar-refractivity contribution in [2.24, 2.45) is 0 Å². The van der Waals surface area contributed by atoms with Crippen LogP contribution in [0.1, 0.15) is 6.92 Å². The lowest BCUT2D eigenvalue weighted by Gasteiger charge is -2.14. The highest BCUT2D eigenvalue weighted by Gasteiger charge is 2.18. The summed E-state index contributed by atoms with van der Waals surface area (Å²) in [6.45, 7) is 1.88. The van der Waals surface area contributed by atoms with Gasteiger partial charge in [0.05, 0.1) is 18.0 Å². The van der Waals surface area contributed by atoms with E-state index in [1.165, 1.54) is 11.8 Å². The van der Waals surface area contributed by atoms with Crippen LogP contribution in [-0.2, 0) is 4.79 Å². The van der Waals surface area contributed by atoms with Crippen LogP contribution in [0, 0.1) is 0 Å². The van der Waals surface area contributed by atoms with Gasteiger partial charge < -0.3 is 14.5 Å². The largest absolute Gasteiger partial charge is 0.495 e. The van der Waals surface area contributed by atoms with Gasteiger partial charge in [-0.15, -0.1) is 11.8 Å². The maximum atomic E-state index is 12.7. The number of fused-ring (bicyclic) bond motifs is 3. The molecule has 0 bridgehead atoms.